The Labute approximate surface area is 184 Å². The molecule has 0 spiro atoms. The third-order valence-corrected chi connectivity index (χ3v) is 5.95. The molecule has 9 heteroatoms. The van der Waals surface area contributed by atoms with Crippen LogP contribution in [-0.2, 0) is 14.8 Å². The molecule has 1 amide bonds. The van der Waals surface area contributed by atoms with Crippen LogP contribution in [0.25, 0.3) is 0 Å². The first kappa shape index (κ1) is 23.4. The third kappa shape index (κ3) is 7.81. The number of carbonyl (C=O) groups excluding carboxylic acids is 1. The molecule has 0 unspecified atom stereocenters. The number of rotatable bonds is 10. The molecule has 6 nitrogen and oxygen atoms in total. The van der Waals surface area contributed by atoms with Gasteiger partial charge in [-0.2, -0.15) is 0 Å². The van der Waals surface area contributed by atoms with Gasteiger partial charge in [0.05, 0.1) is 18.5 Å². The van der Waals surface area contributed by atoms with E-state index >= 15 is 0 Å². The molecule has 0 heterocycles. The zero-order valence-corrected chi connectivity index (χ0v) is 19.3. The van der Waals surface area contributed by atoms with E-state index in [-0.39, 0.29) is 31.3 Å². The number of nitrogens with zero attached hydrogens (tertiary/aromatic N) is 1. The predicted molar refractivity (Wildman–Crippen MR) is 120 cm³/mol. The summed E-state index contributed by atoms with van der Waals surface area (Å²) in [6, 6.07) is 11.2. The predicted octanol–water partition coefficient (Wildman–Crippen LogP) is 3.48. The van der Waals surface area contributed by atoms with Gasteiger partial charge in [0.1, 0.15) is 18.2 Å². The van der Waals surface area contributed by atoms with E-state index in [9.17, 15) is 17.6 Å². The summed E-state index contributed by atoms with van der Waals surface area (Å²) in [5.74, 6) is 0.00652. The van der Waals surface area contributed by atoms with E-state index in [1.165, 1.54) is 28.6 Å². The molecule has 0 aliphatic rings. The molecule has 0 fully saturated rings. The van der Waals surface area contributed by atoms with Gasteiger partial charge in [-0.1, -0.05) is 0 Å². The van der Waals surface area contributed by atoms with Crippen LogP contribution in [0.4, 0.5) is 10.1 Å². The van der Waals surface area contributed by atoms with Crippen LogP contribution >= 0.6 is 22.6 Å². The summed E-state index contributed by atoms with van der Waals surface area (Å²) in [7, 11) is -3.45. The van der Waals surface area contributed by atoms with E-state index in [2.05, 4.69) is 27.9 Å². The number of aryl methyl sites for hydroxylation is 1. The first-order chi connectivity index (χ1) is 13.7. The van der Waals surface area contributed by atoms with Crippen molar-refractivity contribution in [2.75, 3.05) is 30.3 Å². The van der Waals surface area contributed by atoms with E-state index in [4.69, 9.17) is 4.74 Å². The van der Waals surface area contributed by atoms with Gasteiger partial charge in [0, 0.05) is 16.5 Å². The molecule has 0 saturated heterocycles. The van der Waals surface area contributed by atoms with Gasteiger partial charge in [-0.3, -0.25) is 9.10 Å². The number of nitrogens with one attached hydrogen (secondary N) is 1. The maximum Gasteiger partial charge on any atom is 0.232 e. The second-order valence-corrected chi connectivity index (χ2v) is 9.67. The lowest BCUT2D eigenvalue weighted by molar-refractivity contribution is -0.121. The molecule has 0 radical (unpaired) electrons. The molecule has 0 aliphatic heterocycles. The quantitative estimate of drug-likeness (QED) is 0.374. The minimum Gasteiger partial charge on any atom is -0.492 e. The number of hydrogen-bond acceptors (Lipinski definition) is 4. The lowest BCUT2D eigenvalue weighted by atomic mass is 10.2. The van der Waals surface area contributed by atoms with Gasteiger partial charge in [0.2, 0.25) is 15.9 Å². The molecule has 0 bridgehead atoms. The largest absolute Gasteiger partial charge is 0.492 e. The fourth-order valence-corrected chi connectivity index (χ4v) is 4.40. The number of benzene rings is 2. The molecule has 2 aromatic carbocycles. The first-order valence-corrected chi connectivity index (χ1v) is 12.0. The average molecular weight is 534 g/mol. The monoisotopic (exact) mass is 534 g/mol. The Morgan fingerprint density at radius 1 is 1.21 bits per heavy atom. The van der Waals surface area contributed by atoms with Crippen LogP contribution in [0.1, 0.15) is 18.4 Å². The van der Waals surface area contributed by atoms with Gasteiger partial charge < -0.3 is 10.1 Å². The van der Waals surface area contributed by atoms with Gasteiger partial charge in [0.15, 0.2) is 0 Å². The van der Waals surface area contributed by atoms with E-state index in [0.29, 0.717) is 24.4 Å². The molecule has 0 aromatic heterocycles. The Kier molecular flexibility index (Phi) is 8.69. The zero-order valence-electron chi connectivity index (χ0n) is 16.3. The smallest absolute Gasteiger partial charge is 0.232 e. The van der Waals surface area contributed by atoms with E-state index in [1.54, 1.807) is 6.07 Å². The fraction of sp³-hybridized carbons (Fsp3) is 0.350. The van der Waals surface area contributed by atoms with Crippen molar-refractivity contribution >= 4 is 44.2 Å². The Morgan fingerprint density at radius 2 is 1.90 bits per heavy atom. The molecule has 0 saturated carbocycles. The van der Waals surface area contributed by atoms with Crippen molar-refractivity contribution in [1.82, 2.24) is 5.32 Å². The number of ether oxygens (including phenoxy) is 1. The van der Waals surface area contributed by atoms with Gasteiger partial charge in [-0.05, 0) is 84.0 Å². The summed E-state index contributed by atoms with van der Waals surface area (Å²) in [5, 5.41) is 2.73. The van der Waals surface area contributed by atoms with Crippen molar-refractivity contribution in [3.05, 3.63) is 57.4 Å². The maximum absolute atomic E-state index is 12.8. The molecule has 158 valence electrons. The number of amides is 1. The zero-order chi connectivity index (χ0) is 21.4. The third-order valence-electron chi connectivity index (χ3n) is 4.10. The average Bonchev–Trinajstić information content (AvgIpc) is 2.64. The fourth-order valence-electron chi connectivity index (χ4n) is 2.73. The van der Waals surface area contributed by atoms with Gasteiger partial charge in [0.25, 0.3) is 0 Å². The van der Waals surface area contributed by atoms with Gasteiger partial charge in [-0.15, -0.1) is 0 Å². The van der Waals surface area contributed by atoms with Crippen molar-refractivity contribution in [3.63, 3.8) is 0 Å². The highest BCUT2D eigenvalue weighted by atomic mass is 127. The molecular weight excluding hydrogens is 510 g/mol. The van der Waals surface area contributed by atoms with Crippen molar-refractivity contribution < 1.29 is 22.3 Å². The van der Waals surface area contributed by atoms with Crippen LogP contribution in [0.5, 0.6) is 5.75 Å². The second kappa shape index (κ2) is 10.8. The maximum atomic E-state index is 12.8. The van der Waals surface area contributed by atoms with Crippen LogP contribution in [0.15, 0.2) is 42.5 Å². The lowest BCUT2D eigenvalue weighted by Crippen LogP contribution is -2.33. The van der Waals surface area contributed by atoms with Gasteiger partial charge in [-0.25, -0.2) is 12.8 Å². The number of sulfonamides is 1. The summed E-state index contributed by atoms with van der Waals surface area (Å²) in [4.78, 5) is 12.0. The minimum atomic E-state index is -3.45. The van der Waals surface area contributed by atoms with Crippen LogP contribution in [0.2, 0.25) is 0 Å². The van der Waals surface area contributed by atoms with Crippen molar-refractivity contribution in [2.45, 2.75) is 19.8 Å². The van der Waals surface area contributed by atoms with Crippen molar-refractivity contribution in [3.8, 4) is 5.75 Å². The Hall–Kier alpha value is -1.88. The van der Waals surface area contributed by atoms with E-state index < -0.39 is 10.0 Å². The highest BCUT2D eigenvalue weighted by Gasteiger charge is 2.19. The molecule has 1 N–H and O–H groups in total. The SMILES string of the molecule is Cc1cc(I)ccc1N(CCCC(=O)NCCOc1ccc(F)cc1)S(C)(=O)=O. The molecule has 0 atom stereocenters. The molecule has 2 aromatic rings. The summed E-state index contributed by atoms with van der Waals surface area (Å²) in [6.45, 7) is 2.65. The van der Waals surface area contributed by atoms with Gasteiger partial charge >= 0.3 is 0 Å². The standard InChI is InChI=1S/C20H24FIN2O4S/c1-15-14-17(22)7-10-19(15)24(29(2,26)27)12-3-4-20(25)23-11-13-28-18-8-5-16(21)6-9-18/h5-10,14H,3-4,11-13H2,1-2H3,(H,23,25). The number of carbonyl (C=O) groups is 1. The topological polar surface area (TPSA) is 75.7 Å². The summed E-state index contributed by atoms with van der Waals surface area (Å²) < 4.78 is 45.0. The lowest BCUT2D eigenvalue weighted by Gasteiger charge is -2.24. The summed E-state index contributed by atoms with van der Waals surface area (Å²) in [5.41, 5.74) is 1.49. The van der Waals surface area contributed by atoms with Crippen molar-refractivity contribution in [2.24, 2.45) is 0 Å². The van der Waals surface area contributed by atoms with Crippen LogP contribution < -0.4 is 14.4 Å². The first-order valence-electron chi connectivity index (χ1n) is 9.06. The van der Waals surface area contributed by atoms with E-state index in [0.717, 1.165) is 15.4 Å². The Morgan fingerprint density at radius 3 is 2.52 bits per heavy atom. The Bertz CT molecular complexity index is 936. The van der Waals surface area contributed by atoms with E-state index in [1.807, 2.05) is 19.1 Å². The minimum absolute atomic E-state index is 0.180. The highest BCUT2D eigenvalue weighted by molar-refractivity contribution is 14.1. The molecule has 0 aliphatic carbocycles. The molecule has 2 rings (SSSR count). The number of anilines is 1. The van der Waals surface area contributed by atoms with Crippen LogP contribution in [-0.4, -0.2) is 40.3 Å². The number of hydrogen-bond donors (Lipinski definition) is 1. The Balaban J connectivity index is 1.78. The number of halogens is 2. The summed E-state index contributed by atoms with van der Waals surface area (Å²) >= 11 is 2.18. The van der Waals surface area contributed by atoms with Crippen LogP contribution in [0, 0.1) is 16.3 Å². The second-order valence-electron chi connectivity index (χ2n) is 6.52. The normalized spacial score (nSPS) is 11.2. The summed E-state index contributed by atoms with van der Waals surface area (Å²) in [6.07, 6.45) is 1.76. The van der Waals surface area contributed by atoms with Crippen LogP contribution in [0.3, 0.4) is 0 Å². The molecular formula is C20H24FIN2O4S. The van der Waals surface area contributed by atoms with Crippen molar-refractivity contribution in [1.29, 1.82) is 0 Å². The highest BCUT2D eigenvalue weighted by Crippen LogP contribution is 2.24. The molecule has 29 heavy (non-hydrogen) atoms.